The van der Waals surface area contributed by atoms with E-state index >= 15 is 0 Å². The van der Waals surface area contributed by atoms with Gasteiger partial charge in [-0.1, -0.05) is 36.4 Å². The number of hydrogen-bond donors (Lipinski definition) is 1. The van der Waals surface area contributed by atoms with Crippen LogP contribution in [0.2, 0.25) is 0 Å². The van der Waals surface area contributed by atoms with E-state index in [4.69, 9.17) is 4.74 Å². The SMILES string of the molecule is COc1ccccc1NC(=O)CN1C(=O)N(c2cccc(C)c2)S(=O)(=O)c2ccccc21. The molecule has 3 amide bonds. The van der Waals surface area contributed by atoms with Crippen LogP contribution in [-0.2, 0) is 14.8 Å². The van der Waals surface area contributed by atoms with Gasteiger partial charge in [-0.05, 0) is 48.9 Å². The summed E-state index contributed by atoms with van der Waals surface area (Å²) in [5.41, 5.74) is 1.60. The van der Waals surface area contributed by atoms with Crippen LogP contribution in [0.15, 0.2) is 77.7 Å². The number of sulfonamides is 1. The number of aryl methyl sites for hydroxylation is 1. The number of fused-ring (bicyclic) bond motifs is 1. The number of nitrogens with one attached hydrogen (secondary N) is 1. The lowest BCUT2D eigenvalue weighted by molar-refractivity contribution is -0.114. The quantitative estimate of drug-likeness (QED) is 0.637. The van der Waals surface area contributed by atoms with Crippen molar-refractivity contribution in [1.82, 2.24) is 0 Å². The van der Waals surface area contributed by atoms with Crippen LogP contribution in [-0.4, -0.2) is 34.0 Å². The average molecular weight is 452 g/mol. The van der Waals surface area contributed by atoms with Gasteiger partial charge < -0.3 is 10.1 Å². The molecule has 0 fully saturated rings. The van der Waals surface area contributed by atoms with Gasteiger partial charge in [0.2, 0.25) is 5.91 Å². The largest absolute Gasteiger partial charge is 0.495 e. The van der Waals surface area contributed by atoms with Crippen LogP contribution >= 0.6 is 0 Å². The number of methoxy groups -OCH3 is 1. The third kappa shape index (κ3) is 3.78. The van der Waals surface area contributed by atoms with E-state index < -0.39 is 22.0 Å². The van der Waals surface area contributed by atoms with E-state index in [1.165, 1.54) is 19.2 Å². The maximum atomic E-state index is 13.4. The van der Waals surface area contributed by atoms with Crippen molar-refractivity contribution in [1.29, 1.82) is 0 Å². The molecule has 0 aliphatic carbocycles. The fourth-order valence-corrected chi connectivity index (χ4v) is 5.13. The highest BCUT2D eigenvalue weighted by atomic mass is 32.2. The first kappa shape index (κ1) is 21.4. The van der Waals surface area contributed by atoms with Crippen LogP contribution in [0.3, 0.4) is 0 Å². The Bertz CT molecular complexity index is 1310. The summed E-state index contributed by atoms with van der Waals surface area (Å²) in [6, 6.07) is 18.8. The van der Waals surface area contributed by atoms with Gasteiger partial charge in [0, 0.05) is 0 Å². The Balaban J connectivity index is 1.73. The van der Waals surface area contributed by atoms with Crippen LogP contribution in [0.1, 0.15) is 5.56 Å². The lowest BCUT2D eigenvalue weighted by Gasteiger charge is -2.35. The summed E-state index contributed by atoms with van der Waals surface area (Å²) >= 11 is 0. The van der Waals surface area contributed by atoms with E-state index in [1.807, 2.05) is 0 Å². The van der Waals surface area contributed by atoms with E-state index in [0.29, 0.717) is 11.4 Å². The maximum absolute atomic E-state index is 13.4. The molecule has 1 aliphatic heterocycles. The van der Waals surface area contributed by atoms with Gasteiger partial charge >= 0.3 is 6.03 Å². The number of carbonyl (C=O) groups is 2. The second-order valence-electron chi connectivity index (χ2n) is 7.19. The number of benzene rings is 3. The third-order valence-electron chi connectivity index (χ3n) is 5.00. The standard InChI is InChI=1S/C23H21N3O5S/c1-16-8-7-9-17(14-16)26-23(28)25(19-11-4-6-13-21(19)32(26,29)30)15-22(27)24-18-10-3-5-12-20(18)31-2/h3-14H,15H2,1-2H3,(H,24,27). The number of rotatable bonds is 5. The predicted octanol–water partition coefficient (Wildman–Crippen LogP) is 3.78. The molecule has 0 saturated carbocycles. The minimum atomic E-state index is -4.15. The lowest BCUT2D eigenvalue weighted by atomic mass is 10.2. The molecule has 8 nitrogen and oxygen atoms in total. The summed E-state index contributed by atoms with van der Waals surface area (Å²) in [5.74, 6) is -0.0312. The molecule has 9 heteroatoms. The Hall–Kier alpha value is -3.85. The minimum Gasteiger partial charge on any atom is -0.495 e. The molecule has 0 saturated heterocycles. The second kappa shape index (κ2) is 8.35. The van der Waals surface area contributed by atoms with Crippen molar-refractivity contribution in [2.24, 2.45) is 0 Å². The molecule has 0 spiro atoms. The molecule has 0 radical (unpaired) electrons. The average Bonchev–Trinajstić information content (AvgIpc) is 2.77. The molecule has 0 aromatic heterocycles. The number of urea groups is 1. The van der Waals surface area contributed by atoms with Gasteiger partial charge in [0.05, 0.1) is 24.2 Å². The Labute approximate surface area is 186 Å². The summed E-state index contributed by atoms with van der Waals surface area (Å²) in [5, 5.41) is 2.72. The molecule has 164 valence electrons. The Kier molecular flexibility index (Phi) is 5.58. The third-order valence-corrected chi connectivity index (χ3v) is 6.75. The Morgan fingerprint density at radius 3 is 2.47 bits per heavy atom. The zero-order valence-corrected chi connectivity index (χ0v) is 18.3. The van der Waals surface area contributed by atoms with E-state index in [9.17, 15) is 18.0 Å². The number of ether oxygens (including phenoxy) is 1. The molecule has 4 rings (SSSR count). The molecule has 0 atom stereocenters. The number of para-hydroxylation sites is 3. The van der Waals surface area contributed by atoms with Gasteiger partial charge in [-0.25, -0.2) is 13.2 Å². The number of hydrogen-bond acceptors (Lipinski definition) is 5. The summed E-state index contributed by atoms with van der Waals surface area (Å²) < 4.78 is 32.6. The Morgan fingerprint density at radius 2 is 1.72 bits per heavy atom. The molecule has 3 aromatic rings. The minimum absolute atomic E-state index is 0.0498. The van der Waals surface area contributed by atoms with Gasteiger partial charge in [0.15, 0.2) is 0 Å². The van der Waals surface area contributed by atoms with Crippen molar-refractivity contribution >= 4 is 39.0 Å². The molecule has 1 aliphatic rings. The first-order valence-corrected chi connectivity index (χ1v) is 11.2. The van der Waals surface area contributed by atoms with Crippen molar-refractivity contribution < 1.29 is 22.7 Å². The first-order valence-electron chi connectivity index (χ1n) is 9.78. The highest BCUT2D eigenvalue weighted by Crippen LogP contribution is 2.37. The van der Waals surface area contributed by atoms with Crippen LogP contribution in [0.25, 0.3) is 0 Å². The number of carbonyl (C=O) groups excluding carboxylic acids is 2. The predicted molar refractivity (Wildman–Crippen MR) is 122 cm³/mol. The van der Waals surface area contributed by atoms with Crippen molar-refractivity contribution in [2.45, 2.75) is 11.8 Å². The van der Waals surface area contributed by atoms with Crippen LogP contribution in [0.5, 0.6) is 5.75 Å². The van der Waals surface area contributed by atoms with Gasteiger partial charge in [0.25, 0.3) is 10.0 Å². The first-order chi connectivity index (χ1) is 15.3. The molecule has 0 bridgehead atoms. The molecular weight excluding hydrogens is 430 g/mol. The number of nitrogens with zero attached hydrogens (tertiary/aromatic N) is 2. The molecule has 1 N–H and O–H groups in total. The molecule has 3 aromatic carbocycles. The van der Waals surface area contributed by atoms with Crippen molar-refractivity contribution in [3.8, 4) is 5.75 Å². The smallest absolute Gasteiger partial charge is 0.343 e. The molecule has 32 heavy (non-hydrogen) atoms. The maximum Gasteiger partial charge on any atom is 0.343 e. The summed E-state index contributed by atoms with van der Waals surface area (Å²) in [6.07, 6.45) is 0. The molecular formula is C23H21N3O5S. The van der Waals surface area contributed by atoms with E-state index in [1.54, 1.807) is 67.6 Å². The molecule has 1 heterocycles. The van der Waals surface area contributed by atoms with E-state index in [0.717, 1.165) is 14.8 Å². The molecule has 0 unspecified atom stereocenters. The van der Waals surface area contributed by atoms with Crippen molar-refractivity contribution in [3.63, 3.8) is 0 Å². The van der Waals surface area contributed by atoms with Gasteiger partial charge in [-0.15, -0.1) is 0 Å². The van der Waals surface area contributed by atoms with Crippen LogP contribution in [0.4, 0.5) is 21.9 Å². The second-order valence-corrected chi connectivity index (χ2v) is 8.95. The highest BCUT2D eigenvalue weighted by Gasteiger charge is 2.43. The van der Waals surface area contributed by atoms with Gasteiger partial charge in [0.1, 0.15) is 17.2 Å². The van der Waals surface area contributed by atoms with Crippen molar-refractivity contribution in [2.75, 3.05) is 28.2 Å². The fraction of sp³-hybridized carbons (Fsp3) is 0.130. The monoisotopic (exact) mass is 451 g/mol. The van der Waals surface area contributed by atoms with Crippen molar-refractivity contribution in [3.05, 3.63) is 78.4 Å². The van der Waals surface area contributed by atoms with E-state index in [-0.39, 0.29) is 22.8 Å². The zero-order valence-electron chi connectivity index (χ0n) is 17.5. The number of amides is 3. The van der Waals surface area contributed by atoms with Crippen LogP contribution < -0.4 is 19.3 Å². The Morgan fingerprint density at radius 1 is 1.00 bits per heavy atom. The topological polar surface area (TPSA) is 96.0 Å². The fourth-order valence-electron chi connectivity index (χ4n) is 3.55. The van der Waals surface area contributed by atoms with Gasteiger partial charge in [-0.3, -0.25) is 9.69 Å². The lowest BCUT2D eigenvalue weighted by Crippen LogP contribution is -2.53. The highest BCUT2D eigenvalue weighted by molar-refractivity contribution is 7.94. The van der Waals surface area contributed by atoms with Crippen LogP contribution in [0, 0.1) is 6.92 Å². The zero-order chi connectivity index (χ0) is 22.9. The number of anilines is 3. The summed E-state index contributed by atoms with van der Waals surface area (Å²) in [4.78, 5) is 27.3. The summed E-state index contributed by atoms with van der Waals surface area (Å²) in [7, 11) is -2.66. The summed E-state index contributed by atoms with van der Waals surface area (Å²) in [6.45, 7) is 1.42. The normalized spacial score (nSPS) is 14.6. The van der Waals surface area contributed by atoms with Gasteiger partial charge in [-0.2, -0.15) is 4.31 Å². The van der Waals surface area contributed by atoms with E-state index in [2.05, 4.69) is 5.32 Å².